The molecule has 4 fully saturated rings. The number of hydrogen-bond donors (Lipinski definition) is 2. The number of ether oxygens (including phenoxy) is 1. The smallest absolute Gasteiger partial charge is 0.319 e. The van der Waals surface area contributed by atoms with Gasteiger partial charge in [-0.15, -0.1) is 11.3 Å². The molecule has 4 aromatic rings. The van der Waals surface area contributed by atoms with Gasteiger partial charge in [0, 0.05) is 61.4 Å². The van der Waals surface area contributed by atoms with Crippen LogP contribution in [-0.4, -0.2) is 76.4 Å². The van der Waals surface area contributed by atoms with Crippen LogP contribution in [0.1, 0.15) is 37.7 Å². The van der Waals surface area contributed by atoms with E-state index < -0.39 is 34.9 Å². The molecule has 228 valence electrons. The number of piperazine rings is 1. The van der Waals surface area contributed by atoms with Gasteiger partial charge in [0.15, 0.2) is 5.82 Å². The van der Waals surface area contributed by atoms with E-state index in [0.29, 0.717) is 43.3 Å². The standard InChI is InChI=1S/C30H28F4N8OS/c31-14-7-30(4-1-5-42(30)10-14)13-43-29-39-24-18(28(40-29)41-11-15-2-3-16(12-41)38-15)9-37-25(23(24)34)22-19(32)6-20(33)26-21(22)17(8-35)27(36)44-26/h6,9,14-16,38H,1-5,7,10-13,36H2/t14-,15?,16?,30+/m0/s1. The number of nitriles is 1. The lowest BCUT2D eigenvalue weighted by atomic mass is 9.95. The number of anilines is 2. The van der Waals surface area contributed by atoms with Crippen LogP contribution < -0.4 is 20.7 Å². The molecular weight excluding hydrogens is 596 g/mol. The van der Waals surface area contributed by atoms with Crippen LogP contribution in [0.15, 0.2) is 12.3 Å². The fourth-order valence-corrected chi connectivity index (χ4v) is 8.62. The molecule has 4 aliphatic heterocycles. The highest BCUT2D eigenvalue weighted by molar-refractivity contribution is 7.23. The van der Waals surface area contributed by atoms with Gasteiger partial charge in [0.2, 0.25) is 0 Å². The Bertz CT molecular complexity index is 1870. The molecule has 3 N–H and O–H groups in total. The molecule has 0 spiro atoms. The summed E-state index contributed by atoms with van der Waals surface area (Å²) >= 11 is 0.787. The van der Waals surface area contributed by atoms with Crippen molar-refractivity contribution < 1.29 is 22.3 Å². The van der Waals surface area contributed by atoms with Gasteiger partial charge in [0.25, 0.3) is 0 Å². The van der Waals surface area contributed by atoms with Crippen LogP contribution in [0.25, 0.3) is 32.2 Å². The number of aromatic nitrogens is 3. The van der Waals surface area contributed by atoms with Crippen LogP contribution >= 0.6 is 11.3 Å². The number of nitrogens with zero attached hydrogens (tertiary/aromatic N) is 6. The SMILES string of the molecule is N#Cc1c(N)sc2c(F)cc(F)c(-c3ncc4c(N5CC6CCC(C5)N6)nc(OC[C@]56CCCN5C[C@@H](F)C6)nc4c3F)c12. The Balaban J connectivity index is 1.28. The van der Waals surface area contributed by atoms with E-state index in [-0.39, 0.29) is 56.4 Å². The van der Waals surface area contributed by atoms with Crippen molar-refractivity contribution in [3.05, 3.63) is 35.3 Å². The van der Waals surface area contributed by atoms with E-state index in [1.54, 1.807) is 0 Å². The summed E-state index contributed by atoms with van der Waals surface area (Å²) in [6.45, 7) is 2.57. The molecule has 9 nitrogen and oxygen atoms in total. The van der Waals surface area contributed by atoms with Crippen molar-refractivity contribution in [3.63, 3.8) is 0 Å². The zero-order valence-corrected chi connectivity index (χ0v) is 24.4. The van der Waals surface area contributed by atoms with Gasteiger partial charge in [-0.25, -0.2) is 17.6 Å². The number of nitrogens with two attached hydrogens (primary N) is 1. The van der Waals surface area contributed by atoms with Gasteiger partial charge in [0.05, 0.1) is 21.2 Å². The largest absolute Gasteiger partial charge is 0.461 e. The number of thiophene rings is 1. The topological polar surface area (TPSA) is 116 Å². The lowest BCUT2D eigenvalue weighted by molar-refractivity contribution is 0.107. The molecule has 14 heteroatoms. The maximum absolute atomic E-state index is 16.6. The zero-order chi connectivity index (χ0) is 30.3. The Kier molecular flexibility index (Phi) is 6.37. The summed E-state index contributed by atoms with van der Waals surface area (Å²) < 4.78 is 67.4. The molecule has 3 aromatic heterocycles. The summed E-state index contributed by atoms with van der Waals surface area (Å²) in [5.74, 6) is -2.50. The fraction of sp³-hybridized carbons (Fsp3) is 0.467. The van der Waals surface area contributed by atoms with E-state index >= 15 is 8.78 Å². The van der Waals surface area contributed by atoms with E-state index in [1.807, 2.05) is 6.07 Å². The van der Waals surface area contributed by atoms with Gasteiger partial charge in [-0.1, -0.05) is 0 Å². The first kappa shape index (κ1) is 27.7. The minimum absolute atomic E-state index is 0.00848. The molecule has 4 atom stereocenters. The Morgan fingerprint density at radius 2 is 1.95 bits per heavy atom. The summed E-state index contributed by atoms with van der Waals surface area (Å²) in [5, 5.41) is 13.5. The molecule has 8 rings (SSSR count). The monoisotopic (exact) mass is 624 g/mol. The minimum Gasteiger partial charge on any atom is -0.461 e. The zero-order valence-electron chi connectivity index (χ0n) is 23.5. The van der Waals surface area contributed by atoms with E-state index in [2.05, 4.69) is 25.1 Å². The molecule has 0 aliphatic carbocycles. The van der Waals surface area contributed by atoms with Gasteiger partial charge in [-0.3, -0.25) is 9.88 Å². The van der Waals surface area contributed by atoms with Crippen LogP contribution in [0.5, 0.6) is 6.01 Å². The molecular formula is C30H28F4N8OS. The number of alkyl halides is 1. The van der Waals surface area contributed by atoms with Crippen molar-refractivity contribution in [2.45, 2.75) is 55.9 Å². The normalized spacial score (nSPS) is 26.5. The highest BCUT2D eigenvalue weighted by Gasteiger charge is 2.49. The van der Waals surface area contributed by atoms with Crippen LogP contribution in [0.4, 0.5) is 28.4 Å². The predicted molar refractivity (Wildman–Crippen MR) is 158 cm³/mol. The second kappa shape index (κ2) is 10.1. The van der Waals surface area contributed by atoms with Crippen LogP contribution in [0, 0.1) is 28.8 Å². The van der Waals surface area contributed by atoms with E-state index in [4.69, 9.17) is 15.5 Å². The molecule has 44 heavy (non-hydrogen) atoms. The van der Waals surface area contributed by atoms with Crippen LogP contribution in [0.2, 0.25) is 0 Å². The molecule has 2 unspecified atom stereocenters. The Hall–Kier alpha value is -3.80. The van der Waals surface area contributed by atoms with Crippen molar-refractivity contribution in [2.75, 3.05) is 43.4 Å². The first-order chi connectivity index (χ1) is 21.2. The summed E-state index contributed by atoms with van der Waals surface area (Å²) in [6, 6.07) is 2.97. The van der Waals surface area contributed by atoms with Crippen molar-refractivity contribution in [3.8, 4) is 23.3 Å². The minimum atomic E-state index is -1.08. The van der Waals surface area contributed by atoms with Crippen LogP contribution in [-0.2, 0) is 0 Å². The molecule has 0 amide bonds. The van der Waals surface area contributed by atoms with Crippen molar-refractivity contribution >= 4 is 43.1 Å². The number of benzene rings is 1. The number of nitrogens with one attached hydrogen (secondary N) is 1. The number of hydrogen-bond acceptors (Lipinski definition) is 10. The summed E-state index contributed by atoms with van der Waals surface area (Å²) in [7, 11) is 0. The summed E-state index contributed by atoms with van der Waals surface area (Å²) in [4.78, 5) is 17.7. The average molecular weight is 625 g/mol. The Morgan fingerprint density at radius 1 is 1.16 bits per heavy atom. The van der Waals surface area contributed by atoms with E-state index in [0.717, 1.165) is 43.6 Å². The number of rotatable bonds is 5. The number of halogens is 4. The van der Waals surface area contributed by atoms with Gasteiger partial charge in [0.1, 0.15) is 52.5 Å². The lowest BCUT2D eigenvalue weighted by Gasteiger charge is -2.34. The van der Waals surface area contributed by atoms with E-state index in [9.17, 15) is 14.0 Å². The fourth-order valence-electron chi connectivity index (χ4n) is 7.69. The van der Waals surface area contributed by atoms with Gasteiger partial charge < -0.3 is 20.7 Å². The van der Waals surface area contributed by atoms with Gasteiger partial charge in [-0.2, -0.15) is 15.2 Å². The second-order valence-corrected chi connectivity index (χ2v) is 13.3. The number of nitrogen functional groups attached to an aromatic ring is 1. The quantitative estimate of drug-likeness (QED) is 0.306. The first-order valence-electron chi connectivity index (χ1n) is 14.7. The average Bonchev–Trinajstić information content (AvgIpc) is 3.73. The molecule has 0 saturated carbocycles. The third-order valence-corrected chi connectivity index (χ3v) is 10.7. The van der Waals surface area contributed by atoms with Crippen molar-refractivity contribution in [1.82, 2.24) is 25.2 Å². The third kappa shape index (κ3) is 4.20. The van der Waals surface area contributed by atoms with E-state index in [1.165, 1.54) is 6.20 Å². The highest BCUT2D eigenvalue weighted by atomic mass is 32.1. The second-order valence-electron chi connectivity index (χ2n) is 12.3. The molecule has 0 radical (unpaired) electrons. The third-order valence-electron chi connectivity index (χ3n) is 9.63. The van der Waals surface area contributed by atoms with Gasteiger partial charge >= 0.3 is 6.01 Å². The highest BCUT2D eigenvalue weighted by Crippen LogP contribution is 2.44. The molecule has 2 bridgehead atoms. The Morgan fingerprint density at radius 3 is 2.73 bits per heavy atom. The summed E-state index contributed by atoms with van der Waals surface area (Å²) in [5.41, 5.74) is 4.40. The Labute approximate surface area is 253 Å². The van der Waals surface area contributed by atoms with Crippen LogP contribution in [0.3, 0.4) is 0 Å². The predicted octanol–water partition coefficient (Wildman–Crippen LogP) is 4.67. The number of pyridine rings is 1. The molecule has 7 heterocycles. The maximum Gasteiger partial charge on any atom is 0.319 e. The summed E-state index contributed by atoms with van der Waals surface area (Å²) in [6.07, 6.45) is 4.53. The van der Waals surface area contributed by atoms with Crippen molar-refractivity contribution in [2.24, 2.45) is 0 Å². The number of fused-ring (bicyclic) bond motifs is 5. The molecule has 1 aromatic carbocycles. The first-order valence-corrected chi connectivity index (χ1v) is 15.6. The van der Waals surface area contributed by atoms with Gasteiger partial charge in [-0.05, 0) is 32.2 Å². The van der Waals surface area contributed by atoms with Crippen molar-refractivity contribution in [1.29, 1.82) is 5.26 Å². The maximum atomic E-state index is 16.6. The lowest BCUT2D eigenvalue weighted by Crippen LogP contribution is -2.51. The molecule has 4 aliphatic rings. The molecule has 4 saturated heterocycles.